The van der Waals surface area contributed by atoms with Crippen molar-refractivity contribution in [3.8, 4) is 0 Å². The maximum Gasteiger partial charge on any atom is 0.331 e. The summed E-state index contributed by atoms with van der Waals surface area (Å²) in [5.41, 5.74) is 0.796. The molecule has 4 nitrogen and oxygen atoms in total. The highest BCUT2D eigenvalue weighted by Crippen LogP contribution is 2.09. The molecule has 0 aliphatic heterocycles. The van der Waals surface area contributed by atoms with Crippen molar-refractivity contribution in [2.24, 2.45) is 0 Å². The van der Waals surface area contributed by atoms with E-state index in [1.807, 2.05) is 13.0 Å². The van der Waals surface area contributed by atoms with E-state index in [0.29, 0.717) is 12.1 Å². The number of nitrogens with one attached hydrogen (secondary N) is 1. The average Bonchev–Trinajstić information content (AvgIpc) is 2.35. The van der Waals surface area contributed by atoms with Crippen molar-refractivity contribution in [2.45, 2.75) is 26.2 Å². The van der Waals surface area contributed by atoms with Gasteiger partial charge in [0.05, 0.1) is 0 Å². The fourth-order valence-corrected chi connectivity index (χ4v) is 1.47. The lowest BCUT2D eigenvalue weighted by Crippen LogP contribution is -2.11. The number of amides is 1. The predicted molar refractivity (Wildman–Crippen MR) is 70.3 cm³/mol. The van der Waals surface area contributed by atoms with Gasteiger partial charge in [-0.2, -0.15) is 0 Å². The van der Waals surface area contributed by atoms with E-state index in [2.05, 4.69) is 5.32 Å². The van der Waals surface area contributed by atoms with E-state index in [4.69, 9.17) is 5.11 Å². The normalized spacial score (nSPS) is 11.1. The summed E-state index contributed by atoms with van der Waals surface area (Å²) in [6, 6.07) is 8.94. The summed E-state index contributed by atoms with van der Waals surface area (Å²) in [5, 5.41) is 11.6. The Labute approximate surface area is 106 Å². The van der Waals surface area contributed by atoms with E-state index < -0.39 is 11.9 Å². The molecule has 0 fully saturated rings. The van der Waals surface area contributed by atoms with Crippen molar-refractivity contribution in [3.63, 3.8) is 0 Å². The summed E-state index contributed by atoms with van der Waals surface area (Å²) >= 11 is 0. The lowest BCUT2D eigenvalue weighted by Gasteiger charge is -2.03. The van der Waals surface area contributed by atoms with Crippen LogP contribution in [0.15, 0.2) is 42.0 Å². The number of carboxylic acid groups (broad SMARTS) is 1. The number of rotatable bonds is 6. The van der Waals surface area contributed by atoms with Crippen LogP contribution in [0.3, 0.4) is 0 Å². The molecule has 1 aromatic rings. The van der Waals surface area contributed by atoms with Gasteiger partial charge in [0.15, 0.2) is 0 Å². The molecule has 0 saturated heterocycles. The zero-order chi connectivity index (χ0) is 13.4. The highest BCUT2D eigenvalue weighted by molar-refractivity contribution is 6.04. The van der Waals surface area contributed by atoms with Gasteiger partial charge in [-0.25, -0.2) is 4.79 Å². The van der Waals surface area contributed by atoms with E-state index in [1.54, 1.807) is 24.3 Å². The van der Waals surface area contributed by atoms with Crippen molar-refractivity contribution in [3.05, 3.63) is 42.0 Å². The summed E-state index contributed by atoms with van der Waals surface area (Å²) in [6.45, 7) is 1.98. The van der Waals surface area contributed by atoms with E-state index in [0.717, 1.165) is 18.9 Å². The maximum atomic E-state index is 11.6. The second-order valence-corrected chi connectivity index (χ2v) is 3.93. The van der Waals surface area contributed by atoms with Crippen LogP contribution in [-0.2, 0) is 9.59 Å². The van der Waals surface area contributed by atoms with Crippen molar-refractivity contribution in [2.75, 3.05) is 5.32 Å². The Morgan fingerprint density at radius 2 is 1.94 bits per heavy atom. The third kappa shape index (κ3) is 4.82. The van der Waals surface area contributed by atoms with Gasteiger partial charge in [-0.15, -0.1) is 0 Å². The van der Waals surface area contributed by atoms with Crippen molar-refractivity contribution in [1.82, 2.24) is 0 Å². The Morgan fingerprint density at radius 1 is 1.28 bits per heavy atom. The minimum Gasteiger partial charge on any atom is -0.478 e. The number of carbonyl (C=O) groups excluding carboxylic acids is 1. The quantitative estimate of drug-likeness (QED) is 0.759. The van der Waals surface area contributed by atoms with Crippen LogP contribution < -0.4 is 5.32 Å². The number of anilines is 1. The van der Waals surface area contributed by atoms with Gasteiger partial charge in [0, 0.05) is 17.3 Å². The molecule has 0 radical (unpaired) electrons. The van der Waals surface area contributed by atoms with E-state index in [1.165, 1.54) is 0 Å². The van der Waals surface area contributed by atoms with Crippen LogP contribution in [-0.4, -0.2) is 17.0 Å². The molecule has 1 amide bonds. The average molecular weight is 247 g/mol. The number of carbonyl (C=O) groups is 2. The third-order valence-corrected chi connectivity index (χ3v) is 2.42. The molecule has 4 heteroatoms. The van der Waals surface area contributed by atoms with Gasteiger partial charge in [-0.05, 0) is 25.0 Å². The van der Waals surface area contributed by atoms with Crippen LogP contribution >= 0.6 is 0 Å². The standard InChI is InChI=1S/C14H17NO3/c1-2-3-7-11(14(17)18)10-13(16)15-12-8-5-4-6-9-12/h4-6,8-10H,2-3,7H2,1H3,(H,15,16)(H,17,18)/b11-10-. The summed E-state index contributed by atoms with van der Waals surface area (Å²) in [5.74, 6) is -1.44. The molecule has 1 aromatic carbocycles. The molecule has 0 aromatic heterocycles. The first-order chi connectivity index (χ1) is 8.63. The van der Waals surface area contributed by atoms with Crippen molar-refractivity contribution < 1.29 is 14.7 Å². The molecular weight excluding hydrogens is 230 g/mol. The molecule has 0 unspecified atom stereocenters. The largest absolute Gasteiger partial charge is 0.478 e. The molecule has 1 rings (SSSR count). The third-order valence-electron chi connectivity index (χ3n) is 2.42. The molecule has 0 aliphatic rings. The van der Waals surface area contributed by atoms with Crippen LogP contribution in [0.5, 0.6) is 0 Å². The molecule has 18 heavy (non-hydrogen) atoms. The first-order valence-electron chi connectivity index (χ1n) is 5.93. The number of unbranched alkanes of at least 4 members (excludes halogenated alkanes) is 1. The first-order valence-corrected chi connectivity index (χ1v) is 5.93. The summed E-state index contributed by atoms with van der Waals surface area (Å²) in [4.78, 5) is 22.6. The highest BCUT2D eigenvalue weighted by atomic mass is 16.4. The highest BCUT2D eigenvalue weighted by Gasteiger charge is 2.09. The maximum absolute atomic E-state index is 11.6. The van der Waals surface area contributed by atoms with Gasteiger partial charge in [-0.3, -0.25) is 4.79 Å². The molecule has 0 spiro atoms. The van der Waals surface area contributed by atoms with E-state index in [9.17, 15) is 9.59 Å². The Bertz CT molecular complexity index is 438. The minimum absolute atomic E-state index is 0.144. The number of hydrogen-bond acceptors (Lipinski definition) is 2. The fourth-order valence-electron chi connectivity index (χ4n) is 1.47. The van der Waals surface area contributed by atoms with E-state index >= 15 is 0 Å². The van der Waals surface area contributed by atoms with Crippen LogP contribution in [0.2, 0.25) is 0 Å². The Hall–Kier alpha value is -2.10. The monoisotopic (exact) mass is 247 g/mol. The zero-order valence-corrected chi connectivity index (χ0v) is 10.3. The molecule has 0 bridgehead atoms. The second kappa shape index (κ2) is 7.27. The van der Waals surface area contributed by atoms with Crippen LogP contribution in [0.1, 0.15) is 26.2 Å². The fraction of sp³-hybridized carbons (Fsp3) is 0.286. The Kier molecular flexibility index (Phi) is 5.64. The second-order valence-electron chi connectivity index (χ2n) is 3.93. The lowest BCUT2D eigenvalue weighted by atomic mass is 10.1. The molecular formula is C14H17NO3. The molecule has 0 heterocycles. The Morgan fingerprint density at radius 3 is 2.50 bits per heavy atom. The predicted octanol–water partition coefficient (Wildman–Crippen LogP) is 2.83. The van der Waals surface area contributed by atoms with Gasteiger partial charge >= 0.3 is 5.97 Å². The van der Waals surface area contributed by atoms with Gasteiger partial charge < -0.3 is 10.4 Å². The van der Waals surface area contributed by atoms with Crippen LogP contribution in [0.4, 0.5) is 5.69 Å². The smallest absolute Gasteiger partial charge is 0.331 e. The van der Waals surface area contributed by atoms with Crippen molar-refractivity contribution >= 4 is 17.6 Å². The summed E-state index contributed by atoms with van der Waals surface area (Å²) in [7, 11) is 0. The number of aliphatic carboxylic acids is 1. The SMILES string of the molecule is CCCC/C(=C/C(=O)Nc1ccccc1)C(=O)O. The molecule has 96 valence electrons. The van der Waals surface area contributed by atoms with Gasteiger partial charge in [0.2, 0.25) is 5.91 Å². The van der Waals surface area contributed by atoms with Crippen LogP contribution in [0.25, 0.3) is 0 Å². The Balaban J connectivity index is 2.67. The molecule has 0 atom stereocenters. The summed E-state index contributed by atoms with van der Waals surface area (Å²) < 4.78 is 0. The number of benzene rings is 1. The zero-order valence-electron chi connectivity index (χ0n) is 10.3. The molecule has 0 aliphatic carbocycles. The van der Waals surface area contributed by atoms with Gasteiger partial charge in [-0.1, -0.05) is 31.5 Å². The first kappa shape index (κ1) is 14.0. The number of para-hydroxylation sites is 1. The minimum atomic E-state index is -1.04. The lowest BCUT2D eigenvalue weighted by molar-refractivity contribution is -0.133. The number of hydrogen-bond donors (Lipinski definition) is 2. The van der Waals surface area contributed by atoms with Crippen LogP contribution in [0, 0.1) is 0 Å². The molecule has 0 saturated carbocycles. The van der Waals surface area contributed by atoms with Gasteiger partial charge in [0.1, 0.15) is 0 Å². The molecule has 2 N–H and O–H groups in total. The number of carboxylic acids is 1. The van der Waals surface area contributed by atoms with Crippen molar-refractivity contribution in [1.29, 1.82) is 0 Å². The van der Waals surface area contributed by atoms with Gasteiger partial charge in [0.25, 0.3) is 0 Å². The summed E-state index contributed by atoms with van der Waals surface area (Å²) in [6.07, 6.45) is 3.22. The topological polar surface area (TPSA) is 66.4 Å². The van der Waals surface area contributed by atoms with E-state index in [-0.39, 0.29) is 5.57 Å².